The molecule has 0 bridgehead atoms. The number of rotatable bonds is 5. The lowest BCUT2D eigenvalue weighted by molar-refractivity contribution is -0.122. The van der Waals surface area contributed by atoms with Gasteiger partial charge in [0, 0.05) is 37.9 Å². The van der Waals surface area contributed by atoms with Crippen LogP contribution in [-0.4, -0.2) is 69.4 Å². The summed E-state index contributed by atoms with van der Waals surface area (Å²) in [7, 11) is 1.58. The maximum Gasteiger partial charge on any atom is 0.267 e. The molecule has 0 spiro atoms. The van der Waals surface area contributed by atoms with Gasteiger partial charge in [0.2, 0.25) is 0 Å². The number of anilines is 1. The van der Waals surface area contributed by atoms with Gasteiger partial charge in [0.1, 0.15) is 15.8 Å². The summed E-state index contributed by atoms with van der Waals surface area (Å²) in [5, 5.41) is 0. The van der Waals surface area contributed by atoms with Crippen molar-refractivity contribution >= 4 is 63.5 Å². The van der Waals surface area contributed by atoms with E-state index in [1.807, 2.05) is 30.8 Å². The van der Waals surface area contributed by atoms with Gasteiger partial charge in [-0.1, -0.05) is 30.0 Å². The number of thioether (sulfide) groups is 2. The Bertz CT molecular complexity index is 1090. The zero-order chi connectivity index (χ0) is 21.3. The van der Waals surface area contributed by atoms with E-state index in [0.29, 0.717) is 39.4 Å². The lowest BCUT2D eigenvalue weighted by Crippen LogP contribution is -2.36. The van der Waals surface area contributed by atoms with Crippen molar-refractivity contribution in [1.29, 1.82) is 0 Å². The Balaban J connectivity index is 1.84. The van der Waals surface area contributed by atoms with Crippen molar-refractivity contribution in [2.75, 3.05) is 49.8 Å². The molecule has 0 saturated carbocycles. The Morgan fingerprint density at radius 1 is 1.30 bits per heavy atom. The minimum absolute atomic E-state index is 0.181. The summed E-state index contributed by atoms with van der Waals surface area (Å²) in [4.78, 5) is 35.3. The molecule has 0 radical (unpaired) electrons. The molecule has 30 heavy (non-hydrogen) atoms. The summed E-state index contributed by atoms with van der Waals surface area (Å²) in [6.45, 7) is 4.36. The topological polar surface area (TPSA) is 67.2 Å². The summed E-state index contributed by atoms with van der Waals surface area (Å²) in [6.07, 6.45) is 3.38. The Morgan fingerprint density at radius 3 is 2.80 bits per heavy atom. The molecule has 2 fully saturated rings. The molecule has 158 valence electrons. The molecule has 1 amide bonds. The first-order chi connectivity index (χ1) is 14.5. The predicted molar refractivity (Wildman–Crippen MR) is 127 cm³/mol. The van der Waals surface area contributed by atoms with Crippen LogP contribution in [0.2, 0.25) is 0 Å². The largest absolute Gasteiger partial charge is 0.383 e. The van der Waals surface area contributed by atoms with Gasteiger partial charge in [0.05, 0.1) is 23.6 Å². The second-order valence-electron chi connectivity index (χ2n) is 6.96. The fraction of sp³-hybridized carbons (Fsp3) is 0.400. The lowest BCUT2D eigenvalue weighted by Gasteiger charge is -2.28. The molecule has 0 N–H and O–H groups in total. The van der Waals surface area contributed by atoms with Crippen molar-refractivity contribution in [3.63, 3.8) is 0 Å². The number of aryl methyl sites for hydroxylation is 1. The number of fused-ring (bicyclic) bond motifs is 1. The van der Waals surface area contributed by atoms with Gasteiger partial charge in [-0.3, -0.25) is 18.9 Å². The molecule has 0 aromatic carbocycles. The number of carbonyl (C=O) groups is 1. The number of hydrogen-bond acceptors (Lipinski definition) is 8. The van der Waals surface area contributed by atoms with Crippen molar-refractivity contribution in [1.82, 2.24) is 14.3 Å². The predicted octanol–water partition coefficient (Wildman–Crippen LogP) is 2.40. The van der Waals surface area contributed by atoms with E-state index in [-0.39, 0.29) is 11.5 Å². The summed E-state index contributed by atoms with van der Waals surface area (Å²) >= 11 is 8.47. The monoisotopic (exact) mass is 462 g/mol. The standard InChI is InChI=1S/C20H22N4O3S3/c1-13-4-3-5-23-16(13)21-17(22-7-10-29-11-8-22)14(18(23)25)12-15-19(26)24(6-9-27-2)20(28)30-15/h3-5,12H,6-11H2,1-2H3/b15-12+. The van der Waals surface area contributed by atoms with Crippen molar-refractivity contribution < 1.29 is 9.53 Å². The van der Waals surface area contributed by atoms with Crippen LogP contribution in [0.5, 0.6) is 0 Å². The fourth-order valence-electron chi connectivity index (χ4n) is 3.45. The van der Waals surface area contributed by atoms with Gasteiger partial charge < -0.3 is 9.64 Å². The molecule has 4 rings (SSSR count). The van der Waals surface area contributed by atoms with E-state index < -0.39 is 0 Å². The van der Waals surface area contributed by atoms with Crippen molar-refractivity contribution in [2.45, 2.75) is 6.92 Å². The molecule has 4 heterocycles. The van der Waals surface area contributed by atoms with E-state index >= 15 is 0 Å². The number of methoxy groups -OCH3 is 1. The molecule has 7 nitrogen and oxygen atoms in total. The van der Waals surface area contributed by atoms with Gasteiger partial charge in [-0.2, -0.15) is 11.8 Å². The van der Waals surface area contributed by atoms with E-state index in [1.54, 1.807) is 23.8 Å². The van der Waals surface area contributed by atoms with E-state index in [0.717, 1.165) is 30.2 Å². The lowest BCUT2D eigenvalue weighted by atomic mass is 10.2. The first-order valence-electron chi connectivity index (χ1n) is 9.60. The van der Waals surface area contributed by atoms with Gasteiger partial charge in [0.15, 0.2) is 0 Å². The summed E-state index contributed by atoms with van der Waals surface area (Å²) < 4.78 is 7.10. The average Bonchev–Trinajstić information content (AvgIpc) is 3.02. The smallest absolute Gasteiger partial charge is 0.267 e. The maximum absolute atomic E-state index is 13.4. The van der Waals surface area contributed by atoms with Crippen LogP contribution in [0, 0.1) is 6.92 Å². The molecular weight excluding hydrogens is 440 g/mol. The van der Waals surface area contributed by atoms with Crippen molar-refractivity contribution in [2.24, 2.45) is 0 Å². The Morgan fingerprint density at radius 2 is 2.07 bits per heavy atom. The first-order valence-corrected chi connectivity index (χ1v) is 12.0. The number of nitrogens with zero attached hydrogens (tertiary/aromatic N) is 4. The highest BCUT2D eigenvalue weighted by Crippen LogP contribution is 2.33. The summed E-state index contributed by atoms with van der Waals surface area (Å²) in [5.41, 5.74) is 1.82. The first kappa shape index (κ1) is 21.4. The van der Waals surface area contributed by atoms with Gasteiger partial charge >= 0.3 is 0 Å². The molecular formula is C20H22N4O3S3. The van der Waals surface area contributed by atoms with Crippen LogP contribution in [0.25, 0.3) is 11.7 Å². The van der Waals surface area contributed by atoms with Gasteiger partial charge in [-0.25, -0.2) is 4.98 Å². The van der Waals surface area contributed by atoms with Crippen molar-refractivity contribution in [3.05, 3.63) is 44.7 Å². The summed E-state index contributed by atoms with van der Waals surface area (Å²) in [5.74, 6) is 2.40. The molecule has 10 heteroatoms. The molecule has 0 aliphatic carbocycles. The maximum atomic E-state index is 13.4. The molecule has 2 aliphatic rings. The van der Waals surface area contributed by atoms with Gasteiger partial charge in [-0.05, 0) is 24.6 Å². The third-order valence-electron chi connectivity index (χ3n) is 5.04. The second kappa shape index (κ2) is 9.09. The van der Waals surface area contributed by atoms with Crippen LogP contribution < -0.4 is 10.5 Å². The average molecular weight is 463 g/mol. The summed E-state index contributed by atoms with van der Waals surface area (Å²) in [6, 6.07) is 3.77. The number of carbonyl (C=O) groups excluding carboxylic acids is 1. The zero-order valence-electron chi connectivity index (χ0n) is 16.8. The van der Waals surface area contributed by atoms with Crippen molar-refractivity contribution in [3.8, 4) is 0 Å². The Labute approximate surface area is 188 Å². The minimum Gasteiger partial charge on any atom is -0.383 e. The third kappa shape index (κ3) is 4.01. The van der Waals surface area contributed by atoms with E-state index in [4.69, 9.17) is 21.9 Å². The van der Waals surface area contributed by atoms with Crippen LogP contribution in [-0.2, 0) is 9.53 Å². The number of thiocarbonyl (C=S) groups is 1. The van der Waals surface area contributed by atoms with Crippen LogP contribution in [0.3, 0.4) is 0 Å². The fourth-order valence-corrected chi connectivity index (χ4v) is 5.64. The highest BCUT2D eigenvalue weighted by molar-refractivity contribution is 8.26. The van der Waals surface area contributed by atoms with Crippen LogP contribution >= 0.6 is 35.7 Å². The minimum atomic E-state index is -0.198. The number of pyridine rings is 1. The second-order valence-corrected chi connectivity index (χ2v) is 9.87. The quantitative estimate of drug-likeness (QED) is 0.496. The van der Waals surface area contributed by atoms with Crippen LogP contribution in [0.4, 0.5) is 5.82 Å². The SMILES string of the molecule is COCCN1C(=O)/C(=C\c2c(N3CCSCC3)nc3c(C)cccn3c2=O)SC1=S. The number of aromatic nitrogens is 2. The number of amides is 1. The van der Waals surface area contributed by atoms with E-state index in [1.165, 1.54) is 16.7 Å². The molecule has 2 aromatic rings. The molecule has 2 aromatic heterocycles. The molecule has 0 atom stereocenters. The van der Waals surface area contributed by atoms with E-state index in [2.05, 4.69) is 4.90 Å². The molecule has 2 aliphatic heterocycles. The Hall–Kier alpha value is -1.88. The number of hydrogen-bond donors (Lipinski definition) is 0. The van der Waals surface area contributed by atoms with E-state index in [9.17, 15) is 9.59 Å². The van der Waals surface area contributed by atoms with Gasteiger partial charge in [-0.15, -0.1) is 0 Å². The third-order valence-corrected chi connectivity index (χ3v) is 7.36. The zero-order valence-corrected chi connectivity index (χ0v) is 19.2. The molecule has 0 unspecified atom stereocenters. The van der Waals surface area contributed by atoms with Crippen LogP contribution in [0.1, 0.15) is 11.1 Å². The highest BCUT2D eigenvalue weighted by atomic mass is 32.2. The number of ether oxygens (including phenoxy) is 1. The normalized spacial score (nSPS) is 18.8. The van der Waals surface area contributed by atoms with Gasteiger partial charge in [0.25, 0.3) is 11.5 Å². The highest BCUT2D eigenvalue weighted by Gasteiger charge is 2.32. The van der Waals surface area contributed by atoms with Crippen LogP contribution in [0.15, 0.2) is 28.0 Å². The Kier molecular flexibility index (Phi) is 6.47. The molecule has 2 saturated heterocycles.